The van der Waals surface area contributed by atoms with Crippen LogP contribution in [0.25, 0.3) is 0 Å². The van der Waals surface area contributed by atoms with Gasteiger partial charge >= 0.3 is 0 Å². The highest BCUT2D eigenvalue weighted by atomic mass is 16.5. The summed E-state index contributed by atoms with van der Waals surface area (Å²) in [4.78, 5) is 0. The second kappa shape index (κ2) is 4.01. The lowest BCUT2D eigenvalue weighted by Gasteiger charge is -2.12. The Morgan fingerprint density at radius 3 is 2.86 bits per heavy atom. The Balaban J connectivity index is 2.23. The van der Waals surface area contributed by atoms with Gasteiger partial charge in [-0.15, -0.1) is 6.58 Å². The molecule has 0 N–H and O–H groups in total. The zero-order valence-electron chi connectivity index (χ0n) is 7.85. The standard InChI is InChI=1S/C12H12O2/c1-2-5-10-8-9-13-11-6-3-4-7-12(11)14-10/h2-4,6-10H,1,5H2. The van der Waals surface area contributed by atoms with Crippen molar-refractivity contribution in [2.75, 3.05) is 0 Å². The number of fused-ring (bicyclic) bond motifs is 1. The molecule has 2 heteroatoms. The number of hydrogen-bond donors (Lipinski definition) is 0. The largest absolute Gasteiger partial charge is 0.482 e. The van der Waals surface area contributed by atoms with E-state index < -0.39 is 0 Å². The predicted molar refractivity (Wildman–Crippen MR) is 55.4 cm³/mol. The van der Waals surface area contributed by atoms with E-state index in [1.165, 1.54) is 0 Å². The lowest BCUT2D eigenvalue weighted by atomic mass is 10.2. The summed E-state index contributed by atoms with van der Waals surface area (Å²) in [5.41, 5.74) is 0. The van der Waals surface area contributed by atoms with E-state index in [4.69, 9.17) is 9.47 Å². The molecule has 1 heterocycles. The van der Waals surface area contributed by atoms with Gasteiger partial charge in [-0.05, 0) is 18.2 Å². The number of para-hydroxylation sites is 2. The molecular weight excluding hydrogens is 176 g/mol. The van der Waals surface area contributed by atoms with Gasteiger partial charge in [-0.25, -0.2) is 0 Å². The Bertz CT molecular complexity index is 355. The molecule has 0 saturated heterocycles. The van der Waals surface area contributed by atoms with Gasteiger partial charge in [-0.2, -0.15) is 0 Å². The summed E-state index contributed by atoms with van der Waals surface area (Å²) in [5.74, 6) is 1.54. The Kier molecular flexibility index (Phi) is 2.54. The summed E-state index contributed by atoms with van der Waals surface area (Å²) in [6.45, 7) is 3.69. The van der Waals surface area contributed by atoms with Gasteiger partial charge in [-0.1, -0.05) is 18.2 Å². The fourth-order valence-corrected chi connectivity index (χ4v) is 1.34. The van der Waals surface area contributed by atoms with Crippen molar-refractivity contribution in [2.45, 2.75) is 12.5 Å². The van der Waals surface area contributed by atoms with Crippen molar-refractivity contribution in [3.8, 4) is 11.5 Å². The van der Waals surface area contributed by atoms with Crippen molar-refractivity contribution in [3.05, 3.63) is 49.3 Å². The van der Waals surface area contributed by atoms with E-state index in [1.807, 2.05) is 36.4 Å². The molecule has 0 radical (unpaired) electrons. The van der Waals surface area contributed by atoms with E-state index in [2.05, 4.69) is 6.58 Å². The van der Waals surface area contributed by atoms with Crippen LogP contribution in [0.3, 0.4) is 0 Å². The van der Waals surface area contributed by atoms with Gasteiger partial charge in [0.1, 0.15) is 6.10 Å². The summed E-state index contributed by atoms with van der Waals surface area (Å²) >= 11 is 0. The minimum Gasteiger partial charge on any atom is -0.482 e. The zero-order chi connectivity index (χ0) is 9.80. The van der Waals surface area contributed by atoms with Crippen LogP contribution in [0.4, 0.5) is 0 Å². The van der Waals surface area contributed by atoms with Crippen LogP contribution in [-0.4, -0.2) is 6.10 Å². The Hall–Kier alpha value is -1.70. The molecule has 72 valence electrons. The first-order chi connectivity index (χ1) is 6.90. The van der Waals surface area contributed by atoms with Crippen molar-refractivity contribution in [1.82, 2.24) is 0 Å². The third-order valence-corrected chi connectivity index (χ3v) is 2.01. The molecule has 1 aliphatic rings. The molecule has 0 amide bonds. The second-order valence-electron chi connectivity index (χ2n) is 3.07. The van der Waals surface area contributed by atoms with Gasteiger partial charge in [0.25, 0.3) is 0 Å². The van der Waals surface area contributed by atoms with Crippen LogP contribution >= 0.6 is 0 Å². The minimum atomic E-state index is 0.0242. The Morgan fingerprint density at radius 2 is 2.07 bits per heavy atom. The molecule has 0 bridgehead atoms. The summed E-state index contributed by atoms with van der Waals surface area (Å²) in [6.07, 6.45) is 6.20. The van der Waals surface area contributed by atoms with Crippen molar-refractivity contribution < 1.29 is 9.47 Å². The van der Waals surface area contributed by atoms with Crippen LogP contribution in [0.2, 0.25) is 0 Å². The van der Waals surface area contributed by atoms with E-state index in [-0.39, 0.29) is 6.10 Å². The van der Waals surface area contributed by atoms with Crippen LogP contribution < -0.4 is 9.47 Å². The minimum absolute atomic E-state index is 0.0242. The molecule has 1 aliphatic heterocycles. The van der Waals surface area contributed by atoms with Crippen LogP contribution in [-0.2, 0) is 0 Å². The highest BCUT2D eigenvalue weighted by Crippen LogP contribution is 2.30. The molecule has 0 saturated carbocycles. The van der Waals surface area contributed by atoms with E-state index in [9.17, 15) is 0 Å². The van der Waals surface area contributed by atoms with E-state index in [0.29, 0.717) is 0 Å². The summed E-state index contributed by atoms with van der Waals surface area (Å²) in [7, 11) is 0. The van der Waals surface area contributed by atoms with E-state index in [1.54, 1.807) is 6.26 Å². The molecule has 2 nitrogen and oxygen atoms in total. The first-order valence-corrected chi connectivity index (χ1v) is 4.60. The predicted octanol–water partition coefficient (Wildman–Crippen LogP) is 2.92. The first-order valence-electron chi connectivity index (χ1n) is 4.60. The maximum Gasteiger partial charge on any atom is 0.168 e. The van der Waals surface area contributed by atoms with Gasteiger partial charge in [0.05, 0.1) is 6.26 Å². The SMILES string of the molecule is C=CCC1C=COc2ccccc2O1. The molecule has 0 fully saturated rings. The number of benzene rings is 1. The molecular formula is C12H12O2. The number of ether oxygens (including phenoxy) is 2. The molecule has 0 aliphatic carbocycles. The topological polar surface area (TPSA) is 18.5 Å². The van der Waals surface area contributed by atoms with Gasteiger partial charge in [0.2, 0.25) is 0 Å². The van der Waals surface area contributed by atoms with Gasteiger partial charge < -0.3 is 9.47 Å². The van der Waals surface area contributed by atoms with Crippen LogP contribution in [0.5, 0.6) is 11.5 Å². The lowest BCUT2D eigenvalue weighted by molar-refractivity contribution is 0.253. The number of rotatable bonds is 2. The Morgan fingerprint density at radius 1 is 1.29 bits per heavy atom. The number of hydrogen-bond acceptors (Lipinski definition) is 2. The van der Waals surface area contributed by atoms with Gasteiger partial charge in [-0.3, -0.25) is 0 Å². The monoisotopic (exact) mass is 188 g/mol. The summed E-state index contributed by atoms with van der Waals surface area (Å²) in [5, 5.41) is 0. The third-order valence-electron chi connectivity index (χ3n) is 2.01. The maximum absolute atomic E-state index is 5.71. The summed E-state index contributed by atoms with van der Waals surface area (Å²) in [6, 6.07) is 7.64. The van der Waals surface area contributed by atoms with Gasteiger partial charge in [0.15, 0.2) is 11.5 Å². The highest BCUT2D eigenvalue weighted by Gasteiger charge is 2.12. The van der Waals surface area contributed by atoms with E-state index in [0.717, 1.165) is 17.9 Å². The molecule has 1 atom stereocenters. The molecule has 2 rings (SSSR count). The normalized spacial score (nSPS) is 18.7. The molecule has 1 aromatic carbocycles. The molecule has 0 spiro atoms. The van der Waals surface area contributed by atoms with Crippen LogP contribution in [0, 0.1) is 0 Å². The maximum atomic E-state index is 5.71. The molecule has 14 heavy (non-hydrogen) atoms. The molecule has 1 unspecified atom stereocenters. The van der Waals surface area contributed by atoms with Crippen molar-refractivity contribution in [3.63, 3.8) is 0 Å². The molecule has 0 aromatic heterocycles. The van der Waals surface area contributed by atoms with Crippen molar-refractivity contribution in [2.24, 2.45) is 0 Å². The average Bonchev–Trinajstić information content (AvgIpc) is 2.40. The lowest BCUT2D eigenvalue weighted by Crippen LogP contribution is -2.11. The van der Waals surface area contributed by atoms with Crippen LogP contribution in [0.1, 0.15) is 6.42 Å². The second-order valence-corrected chi connectivity index (χ2v) is 3.07. The fourth-order valence-electron chi connectivity index (χ4n) is 1.34. The molecule has 1 aromatic rings. The average molecular weight is 188 g/mol. The first kappa shape index (κ1) is 8.88. The highest BCUT2D eigenvalue weighted by molar-refractivity contribution is 5.41. The van der Waals surface area contributed by atoms with Crippen LogP contribution in [0.15, 0.2) is 49.3 Å². The fraction of sp³-hybridized carbons (Fsp3) is 0.167. The van der Waals surface area contributed by atoms with Crippen molar-refractivity contribution >= 4 is 0 Å². The van der Waals surface area contributed by atoms with Crippen molar-refractivity contribution in [1.29, 1.82) is 0 Å². The quantitative estimate of drug-likeness (QED) is 0.664. The van der Waals surface area contributed by atoms with E-state index >= 15 is 0 Å². The third kappa shape index (κ3) is 1.79. The zero-order valence-corrected chi connectivity index (χ0v) is 7.85. The Labute approximate surface area is 83.5 Å². The summed E-state index contributed by atoms with van der Waals surface area (Å²) < 4.78 is 11.1. The smallest absolute Gasteiger partial charge is 0.168 e. The van der Waals surface area contributed by atoms with Gasteiger partial charge in [0, 0.05) is 6.42 Å².